The molecule has 0 bridgehead atoms. The number of hydrogen-bond donors (Lipinski definition) is 2. The third kappa shape index (κ3) is 6.14. The number of benzene rings is 2. The molecule has 0 spiro atoms. The van der Waals surface area contributed by atoms with Crippen LogP contribution in [-0.2, 0) is 28.5 Å². The van der Waals surface area contributed by atoms with Gasteiger partial charge >= 0.3 is 6.18 Å². The fourth-order valence-electron chi connectivity index (χ4n) is 3.20. The van der Waals surface area contributed by atoms with E-state index < -0.39 is 17.6 Å². The molecule has 3 aromatic rings. The highest BCUT2D eigenvalue weighted by Crippen LogP contribution is 2.37. The van der Waals surface area contributed by atoms with E-state index in [-0.39, 0.29) is 39.2 Å². The Hall–Kier alpha value is -2.40. The van der Waals surface area contributed by atoms with Crippen LogP contribution in [0.4, 0.5) is 18.3 Å². The number of fused-ring (bicyclic) bond motifs is 1. The maximum atomic E-state index is 13.4. The summed E-state index contributed by atoms with van der Waals surface area (Å²) in [5.74, 6) is -0.863. The Kier molecular flexibility index (Phi) is 8.17. The number of carbonyl (C=O) groups is 1. The Morgan fingerprint density at radius 2 is 1.94 bits per heavy atom. The van der Waals surface area contributed by atoms with Gasteiger partial charge in [0, 0.05) is 12.1 Å². The van der Waals surface area contributed by atoms with E-state index in [1.807, 2.05) is 0 Å². The van der Waals surface area contributed by atoms with E-state index in [0.717, 1.165) is 23.5 Å². The lowest BCUT2D eigenvalue weighted by Crippen LogP contribution is -2.12. The quantitative estimate of drug-likeness (QED) is 0.367. The van der Waals surface area contributed by atoms with Gasteiger partial charge in [0.2, 0.25) is 0 Å². The molecule has 3 rings (SSSR count). The number of carbonyl (C=O) groups excluding carboxylic acids is 1. The van der Waals surface area contributed by atoms with E-state index in [1.54, 1.807) is 13.0 Å². The Bertz CT molecular complexity index is 1150. The molecule has 178 valence electrons. The van der Waals surface area contributed by atoms with Gasteiger partial charge in [0.15, 0.2) is 5.13 Å². The zero-order valence-electron chi connectivity index (χ0n) is 17.9. The van der Waals surface area contributed by atoms with Crippen molar-refractivity contribution in [2.75, 3.05) is 32.2 Å². The lowest BCUT2D eigenvalue weighted by Gasteiger charge is -2.10. The van der Waals surface area contributed by atoms with Gasteiger partial charge in [-0.15, -0.1) is 0 Å². The molecule has 6 nitrogen and oxygen atoms in total. The van der Waals surface area contributed by atoms with Crippen molar-refractivity contribution in [3.8, 4) is 5.75 Å². The predicted octanol–water partition coefficient (Wildman–Crippen LogP) is 5.69. The van der Waals surface area contributed by atoms with Gasteiger partial charge < -0.3 is 14.6 Å². The number of aromatic nitrogens is 1. The SMILES string of the molecule is CCc1cc(Cl)cc(C(=O)Nc2nc3c(CCOCCOC)cc(C(F)(F)F)cc3s2)c1O. The second kappa shape index (κ2) is 10.7. The molecule has 0 aliphatic rings. The fourth-order valence-corrected chi connectivity index (χ4v) is 4.38. The molecular formula is C22H22ClF3N2O4S. The predicted molar refractivity (Wildman–Crippen MR) is 121 cm³/mol. The maximum Gasteiger partial charge on any atom is 0.416 e. The van der Waals surface area contributed by atoms with Crippen LogP contribution < -0.4 is 5.32 Å². The number of ether oxygens (including phenoxy) is 2. The van der Waals surface area contributed by atoms with Crippen LogP contribution in [0.25, 0.3) is 10.2 Å². The first-order valence-electron chi connectivity index (χ1n) is 10.0. The van der Waals surface area contributed by atoms with Gasteiger partial charge in [-0.2, -0.15) is 13.2 Å². The molecule has 0 atom stereocenters. The number of halogens is 4. The van der Waals surface area contributed by atoms with Crippen molar-refractivity contribution in [3.05, 3.63) is 51.5 Å². The number of hydrogen-bond acceptors (Lipinski definition) is 6. The molecule has 11 heteroatoms. The van der Waals surface area contributed by atoms with Crippen LogP contribution in [0.5, 0.6) is 5.75 Å². The number of aromatic hydroxyl groups is 1. The Balaban J connectivity index is 1.91. The molecule has 1 amide bonds. The molecular weight excluding hydrogens is 481 g/mol. The smallest absolute Gasteiger partial charge is 0.416 e. The summed E-state index contributed by atoms with van der Waals surface area (Å²) in [5, 5.41) is 13.3. The minimum atomic E-state index is -4.53. The second-order valence-electron chi connectivity index (χ2n) is 7.12. The van der Waals surface area contributed by atoms with E-state index in [4.69, 9.17) is 21.1 Å². The van der Waals surface area contributed by atoms with Crippen LogP contribution in [0.15, 0.2) is 24.3 Å². The largest absolute Gasteiger partial charge is 0.507 e. The Labute approximate surface area is 197 Å². The normalized spacial score (nSPS) is 11.8. The fraction of sp³-hybridized carbons (Fsp3) is 0.364. The van der Waals surface area contributed by atoms with Crippen molar-refractivity contribution >= 4 is 44.2 Å². The highest BCUT2D eigenvalue weighted by molar-refractivity contribution is 7.22. The monoisotopic (exact) mass is 502 g/mol. The number of alkyl halides is 3. The maximum absolute atomic E-state index is 13.4. The first-order chi connectivity index (χ1) is 15.6. The van der Waals surface area contributed by atoms with Crippen LogP contribution in [0, 0.1) is 0 Å². The Morgan fingerprint density at radius 1 is 1.18 bits per heavy atom. The minimum absolute atomic E-state index is 0.0404. The number of thiazole rings is 1. The third-order valence-electron chi connectivity index (χ3n) is 4.85. The number of nitrogens with one attached hydrogen (secondary N) is 1. The molecule has 0 aliphatic heterocycles. The Morgan fingerprint density at radius 3 is 2.61 bits per heavy atom. The third-order valence-corrected chi connectivity index (χ3v) is 5.98. The molecule has 0 unspecified atom stereocenters. The minimum Gasteiger partial charge on any atom is -0.507 e. The van der Waals surface area contributed by atoms with Crippen LogP contribution in [0.1, 0.15) is 34.0 Å². The summed E-state index contributed by atoms with van der Waals surface area (Å²) >= 11 is 6.96. The van der Waals surface area contributed by atoms with Crippen molar-refractivity contribution in [2.45, 2.75) is 25.9 Å². The van der Waals surface area contributed by atoms with E-state index in [0.29, 0.717) is 36.3 Å². The molecule has 1 aromatic heterocycles. The topological polar surface area (TPSA) is 80.7 Å². The lowest BCUT2D eigenvalue weighted by molar-refractivity contribution is -0.137. The molecule has 0 fully saturated rings. The second-order valence-corrected chi connectivity index (χ2v) is 8.59. The first kappa shape index (κ1) is 25.2. The highest BCUT2D eigenvalue weighted by atomic mass is 35.5. The van der Waals surface area contributed by atoms with Crippen LogP contribution in [-0.4, -0.2) is 42.9 Å². The highest BCUT2D eigenvalue weighted by Gasteiger charge is 2.32. The number of phenolic OH excluding ortho intramolecular Hbond substituents is 1. The molecule has 1 heterocycles. The van der Waals surface area contributed by atoms with Crippen molar-refractivity contribution < 1.29 is 32.5 Å². The summed E-state index contributed by atoms with van der Waals surface area (Å²) in [6.45, 7) is 2.69. The van der Waals surface area contributed by atoms with E-state index in [9.17, 15) is 23.1 Å². The van der Waals surface area contributed by atoms with Gasteiger partial charge in [0.05, 0.1) is 41.2 Å². The molecule has 0 aliphatic carbocycles. The number of amides is 1. The van der Waals surface area contributed by atoms with Gasteiger partial charge in [-0.25, -0.2) is 4.98 Å². The van der Waals surface area contributed by atoms with Gasteiger partial charge in [-0.3, -0.25) is 10.1 Å². The number of phenols is 1. The zero-order chi connectivity index (χ0) is 24.2. The summed E-state index contributed by atoms with van der Waals surface area (Å²) in [4.78, 5) is 17.1. The number of anilines is 1. The number of nitrogens with zero attached hydrogens (tertiary/aromatic N) is 1. The van der Waals surface area contributed by atoms with Crippen molar-refractivity contribution in [3.63, 3.8) is 0 Å². The number of methoxy groups -OCH3 is 1. The summed E-state index contributed by atoms with van der Waals surface area (Å²) < 4.78 is 50.8. The molecule has 0 saturated heterocycles. The van der Waals surface area contributed by atoms with Crippen molar-refractivity contribution in [2.24, 2.45) is 0 Å². The van der Waals surface area contributed by atoms with Crippen LogP contribution in [0.3, 0.4) is 0 Å². The zero-order valence-corrected chi connectivity index (χ0v) is 19.5. The molecule has 33 heavy (non-hydrogen) atoms. The number of rotatable bonds is 9. The summed E-state index contributed by atoms with van der Waals surface area (Å²) in [7, 11) is 1.52. The van der Waals surface area contributed by atoms with Crippen LogP contribution in [0.2, 0.25) is 5.02 Å². The summed E-state index contributed by atoms with van der Waals surface area (Å²) in [6.07, 6.45) is -3.86. The van der Waals surface area contributed by atoms with E-state index in [2.05, 4.69) is 10.3 Å². The van der Waals surface area contributed by atoms with E-state index >= 15 is 0 Å². The van der Waals surface area contributed by atoms with Gasteiger partial charge in [0.25, 0.3) is 5.91 Å². The van der Waals surface area contributed by atoms with Gasteiger partial charge in [-0.05, 0) is 48.2 Å². The lowest BCUT2D eigenvalue weighted by atomic mass is 10.1. The van der Waals surface area contributed by atoms with Crippen molar-refractivity contribution in [1.82, 2.24) is 4.98 Å². The first-order valence-corrected chi connectivity index (χ1v) is 11.2. The van der Waals surface area contributed by atoms with Gasteiger partial charge in [0.1, 0.15) is 5.75 Å². The standard InChI is InChI=1S/C22H22ClF3N2O4S/c1-3-12-9-15(23)11-16(19(12)29)20(30)28-21-27-18-13(4-5-32-7-6-31-2)8-14(22(24,25)26)10-17(18)33-21/h8-11,29H,3-7H2,1-2H3,(H,27,28,30). The molecule has 2 N–H and O–H groups in total. The average Bonchev–Trinajstić information content (AvgIpc) is 3.16. The number of aryl methyl sites for hydroxylation is 1. The van der Waals surface area contributed by atoms with Crippen molar-refractivity contribution in [1.29, 1.82) is 0 Å². The van der Waals surface area contributed by atoms with Crippen LogP contribution >= 0.6 is 22.9 Å². The molecule has 0 saturated carbocycles. The van der Waals surface area contributed by atoms with E-state index in [1.165, 1.54) is 13.2 Å². The molecule has 0 radical (unpaired) electrons. The van der Waals surface area contributed by atoms with Gasteiger partial charge in [-0.1, -0.05) is 29.9 Å². The summed E-state index contributed by atoms with van der Waals surface area (Å²) in [5.41, 5.74) is 0.364. The summed E-state index contributed by atoms with van der Waals surface area (Å²) in [6, 6.07) is 4.93. The molecule has 2 aromatic carbocycles. The average molecular weight is 503 g/mol.